The molecule has 6 nitrogen and oxygen atoms in total. The summed E-state index contributed by atoms with van der Waals surface area (Å²) in [4.78, 5) is 25.1. The van der Waals surface area contributed by atoms with Crippen LogP contribution in [0.15, 0.2) is 18.2 Å². The van der Waals surface area contributed by atoms with Crippen molar-refractivity contribution >= 4 is 23.3 Å². The molecular weight excluding hydrogens is 258 g/mol. The van der Waals surface area contributed by atoms with Crippen LogP contribution in [0.3, 0.4) is 0 Å². The second-order valence-electron chi connectivity index (χ2n) is 4.58. The third kappa shape index (κ3) is 3.20. The number of nitrogen functional groups attached to an aromatic ring is 1. The molecule has 0 bridgehead atoms. The van der Waals surface area contributed by atoms with E-state index in [1.54, 1.807) is 25.1 Å². The molecule has 6 heteroatoms. The Bertz CT molecular complexity index is 516. The summed E-state index contributed by atoms with van der Waals surface area (Å²) in [5, 5.41) is 2.81. The lowest BCUT2D eigenvalue weighted by Crippen LogP contribution is -2.29. The number of rotatable bonds is 3. The first-order valence-electron chi connectivity index (χ1n) is 6.70. The Balaban J connectivity index is 2.23. The summed E-state index contributed by atoms with van der Waals surface area (Å²) >= 11 is 0. The Hall–Kier alpha value is -2.24. The predicted octanol–water partition coefficient (Wildman–Crippen LogP) is 0.772. The molecule has 108 valence electrons. The lowest BCUT2D eigenvalue weighted by atomic mass is 10.1. The van der Waals surface area contributed by atoms with Crippen LogP contribution < -0.4 is 16.0 Å². The number of amides is 1. The molecule has 0 unspecified atom stereocenters. The van der Waals surface area contributed by atoms with Crippen LogP contribution in [-0.2, 0) is 9.53 Å². The Morgan fingerprint density at radius 1 is 1.45 bits per heavy atom. The van der Waals surface area contributed by atoms with Crippen molar-refractivity contribution < 1.29 is 14.3 Å². The van der Waals surface area contributed by atoms with E-state index in [2.05, 4.69) is 5.32 Å². The van der Waals surface area contributed by atoms with Crippen molar-refractivity contribution in [3.63, 3.8) is 0 Å². The van der Waals surface area contributed by atoms with E-state index >= 15 is 0 Å². The van der Waals surface area contributed by atoms with Crippen LogP contribution in [-0.4, -0.2) is 38.1 Å². The standard InChI is InChI=1S/C14H19N3O3/c1-2-20-14(19)10-3-4-11(15)12(9-10)17-7-5-13(18)16-6-8-17/h3-4,9H,2,5-8,15H2,1H3,(H,16,18). The second-order valence-corrected chi connectivity index (χ2v) is 4.58. The topological polar surface area (TPSA) is 84.7 Å². The van der Waals surface area contributed by atoms with Crippen molar-refractivity contribution in [1.82, 2.24) is 5.32 Å². The van der Waals surface area contributed by atoms with E-state index in [-0.39, 0.29) is 11.9 Å². The maximum absolute atomic E-state index is 11.8. The summed E-state index contributed by atoms with van der Waals surface area (Å²) in [6.45, 7) is 3.93. The van der Waals surface area contributed by atoms with Gasteiger partial charge in [0.15, 0.2) is 0 Å². The summed E-state index contributed by atoms with van der Waals surface area (Å²) in [7, 11) is 0. The minimum absolute atomic E-state index is 0.0348. The molecule has 1 aromatic rings. The highest BCUT2D eigenvalue weighted by Crippen LogP contribution is 2.25. The minimum atomic E-state index is -0.363. The SMILES string of the molecule is CCOC(=O)c1ccc(N)c(N2CCNC(=O)CC2)c1. The highest BCUT2D eigenvalue weighted by atomic mass is 16.5. The largest absolute Gasteiger partial charge is 0.462 e. The molecule has 0 atom stereocenters. The molecule has 1 aliphatic heterocycles. The zero-order valence-corrected chi connectivity index (χ0v) is 11.5. The maximum atomic E-state index is 11.8. The van der Waals surface area contributed by atoms with Gasteiger partial charge in [0.2, 0.25) is 5.91 Å². The van der Waals surface area contributed by atoms with Gasteiger partial charge in [0, 0.05) is 26.1 Å². The number of benzene rings is 1. The quantitative estimate of drug-likeness (QED) is 0.630. The number of anilines is 2. The Labute approximate surface area is 117 Å². The van der Waals surface area contributed by atoms with Gasteiger partial charge in [-0.25, -0.2) is 4.79 Å². The van der Waals surface area contributed by atoms with Crippen LogP contribution in [0.4, 0.5) is 11.4 Å². The van der Waals surface area contributed by atoms with Crippen LogP contribution in [0.1, 0.15) is 23.7 Å². The summed E-state index contributed by atoms with van der Waals surface area (Å²) < 4.78 is 4.99. The Kier molecular flexibility index (Phi) is 4.45. The molecule has 1 aromatic carbocycles. The van der Waals surface area contributed by atoms with Gasteiger partial charge in [-0.3, -0.25) is 4.79 Å². The second kappa shape index (κ2) is 6.27. The summed E-state index contributed by atoms with van der Waals surface area (Å²) in [6.07, 6.45) is 0.420. The van der Waals surface area contributed by atoms with Crippen molar-refractivity contribution in [3.8, 4) is 0 Å². The van der Waals surface area contributed by atoms with E-state index in [4.69, 9.17) is 10.5 Å². The highest BCUT2D eigenvalue weighted by molar-refractivity contribution is 5.92. The van der Waals surface area contributed by atoms with Crippen LogP contribution in [0, 0.1) is 0 Å². The van der Waals surface area contributed by atoms with E-state index in [9.17, 15) is 9.59 Å². The smallest absolute Gasteiger partial charge is 0.338 e. The first-order chi connectivity index (χ1) is 9.61. The first kappa shape index (κ1) is 14.2. The van der Waals surface area contributed by atoms with E-state index in [0.29, 0.717) is 43.9 Å². The number of hydrogen-bond donors (Lipinski definition) is 2. The molecular formula is C14H19N3O3. The number of hydrogen-bond acceptors (Lipinski definition) is 5. The van der Waals surface area contributed by atoms with E-state index < -0.39 is 0 Å². The minimum Gasteiger partial charge on any atom is -0.462 e. The van der Waals surface area contributed by atoms with Crippen molar-refractivity contribution in [2.24, 2.45) is 0 Å². The molecule has 1 aliphatic rings. The fraction of sp³-hybridized carbons (Fsp3) is 0.429. The molecule has 1 saturated heterocycles. The summed E-state index contributed by atoms with van der Waals surface area (Å²) in [5.74, 6) is -0.328. The Morgan fingerprint density at radius 2 is 2.25 bits per heavy atom. The number of carbonyl (C=O) groups excluding carboxylic acids is 2. The third-order valence-corrected chi connectivity index (χ3v) is 3.19. The summed E-state index contributed by atoms with van der Waals surface area (Å²) in [5.41, 5.74) is 7.81. The summed E-state index contributed by atoms with van der Waals surface area (Å²) in [6, 6.07) is 5.07. The number of nitrogens with zero attached hydrogens (tertiary/aromatic N) is 1. The van der Waals surface area contributed by atoms with Crippen LogP contribution in [0.25, 0.3) is 0 Å². The highest BCUT2D eigenvalue weighted by Gasteiger charge is 2.17. The van der Waals surface area contributed by atoms with Gasteiger partial charge in [-0.2, -0.15) is 0 Å². The van der Waals surface area contributed by atoms with E-state index in [0.717, 1.165) is 5.69 Å². The van der Waals surface area contributed by atoms with Crippen LogP contribution >= 0.6 is 0 Å². The predicted molar refractivity (Wildman–Crippen MR) is 76.7 cm³/mol. The molecule has 0 aliphatic carbocycles. The molecule has 1 amide bonds. The maximum Gasteiger partial charge on any atom is 0.338 e. The number of esters is 1. The third-order valence-electron chi connectivity index (χ3n) is 3.19. The number of nitrogens with one attached hydrogen (secondary N) is 1. The normalized spacial score (nSPS) is 15.4. The molecule has 0 aromatic heterocycles. The molecule has 2 rings (SSSR count). The van der Waals surface area contributed by atoms with Gasteiger partial charge in [-0.05, 0) is 25.1 Å². The molecule has 20 heavy (non-hydrogen) atoms. The van der Waals surface area contributed by atoms with E-state index in [1.807, 2.05) is 4.90 Å². The molecule has 1 fully saturated rings. The fourth-order valence-electron chi connectivity index (χ4n) is 2.17. The Morgan fingerprint density at radius 3 is 3.00 bits per heavy atom. The number of nitrogens with two attached hydrogens (primary N) is 1. The van der Waals surface area contributed by atoms with Gasteiger partial charge in [0.05, 0.1) is 23.5 Å². The molecule has 1 heterocycles. The van der Waals surface area contributed by atoms with Crippen molar-refractivity contribution in [3.05, 3.63) is 23.8 Å². The molecule has 0 saturated carbocycles. The first-order valence-corrected chi connectivity index (χ1v) is 6.70. The van der Waals surface area contributed by atoms with Gasteiger partial charge in [0.1, 0.15) is 0 Å². The number of carbonyl (C=O) groups is 2. The zero-order chi connectivity index (χ0) is 14.5. The van der Waals surface area contributed by atoms with Crippen molar-refractivity contribution in [2.75, 3.05) is 36.9 Å². The molecule has 0 radical (unpaired) electrons. The molecule has 0 spiro atoms. The van der Waals surface area contributed by atoms with E-state index in [1.165, 1.54) is 0 Å². The van der Waals surface area contributed by atoms with Gasteiger partial charge in [-0.15, -0.1) is 0 Å². The van der Waals surface area contributed by atoms with Gasteiger partial charge >= 0.3 is 5.97 Å². The average Bonchev–Trinajstić information content (AvgIpc) is 2.64. The van der Waals surface area contributed by atoms with Crippen molar-refractivity contribution in [1.29, 1.82) is 0 Å². The average molecular weight is 277 g/mol. The van der Waals surface area contributed by atoms with Gasteiger partial charge < -0.3 is 20.7 Å². The fourth-order valence-corrected chi connectivity index (χ4v) is 2.17. The zero-order valence-electron chi connectivity index (χ0n) is 11.5. The lowest BCUT2D eigenvalue weighted by molar-refractivity contribution is -0.120. The van der Waals surface area contributed by atoms with Gasteiger partial charge in [-0.1, -0.05) is 0 Å². The monoisotopic (exact) mass is 277 g/mol. The van der Waals surface area contributed by atoms with Gasteiger partial charge in [0.25, 0.3) is 0 Å². The van der Waals surface area contributed by atoms with Crippen molar-refractivity contribution in [2.45, 2.75) is 13.3 Å². The molecule has 3 N–H and O–H groups in total. The van der Waals surface area contributed by atoms with Crippen LogP contribution in [0.5, 0.6) is 0 Å². The lowest BCUT2D eigenvalue weighted by Gasteiger charge is -2.24. The number of ether oxygens (including phenoxy) is 1. The van der Waals surface area contributed by atoms with Crippen LogP contribution in [0.2, 0.25) is 0 Å².